The maximum absolute atomic E-state index is 11.8. The van der Waals surface area contributed by atoms with Crippen LogP contribution in [0.1, 0.15) is 38.1 Å². The van der Waals surface area contributed by atoms with E-state index in [1.807, 2.05) is 26.8 Å². The van der Waals surface area contributed by atoms with Crippen molar-refractivity contribution >= 4 is 17.7 Å². The van der Waals surface area contributed by atoms with E-state index in [-0.39, 0.29) is 11.2 Å². The Morgan fingerprint density at radius 1 is 1.33 bits per heavy atom. The second-order valence-electron chi connectivity index (χ2n) is 4.08. The molecule has 100 valence electrons. The lowest BCUT2D eigenvalue weighted by atomic mass is 10.2. The molecule has 0 aliphatic carbocycles. The van der Waals surface area contributed by atoms with E-state index in [0.717, 1.165) is 24.2 Å². The Kier molecular flexibility index (Phi) is 6.12. The normalized spacial score (nSPS) is 12.2. The van der Waals surface area contributed by atoms with Crippen LogP contribution in [0.25, 0.3) is 0 Å². The second-order valence-corrected chi connectivity index (χ2v) is 5.25. The molecule has 0 fully saturated rings. The summed E-state index contributed by atoms with van der Waals surface area (Å²) in [7, 11) is 0. The number of ether oxygens (including phenoxy) is 1. The van der Waals surface area contributed by atoms with Gasteiger partial charge in [-0.2, -0.15) is 0 Å². The van der Waals surface area contributed by atoms with E-state index in [4.69, 9.17) is 4.74 Å². The van der Waals surface area contributed by atoms with Crippen molar-refractivity contribution in [3.8, 4) is 0 Å². The van der Waals surface area contributed by atoms with Crippen LogP contribution in [0, 0.1) is 13.8 Å². The van der Waals surface area contributed by atoms with Crippen LogP contribution in [0.4, 0.5) is 0 Å². The quantitative estimate of drug-likeness (QED) is 0.451. The number of carbonyl (C=O) groups excluding carboxylic acids is 1. The fourth-order valence-corrected chi connectivity index (χ4v) is 2.76. The molecule has 0 aliphatic rings. The molecule has 1 atom stereocenters. The monoisotopic (exact) mass is 268 g/mol. The van der Waals surface area contributed by atoms with Crippen LogP contribution in [0.3, 0.4) is 0 Å². The summed E-state index contributed by atoms with van der Waals surface area (Å²) in [6.45, 7) is 8.14. The molecule has 18 heavy (non-hydrogen) atoms. The number of carbonyl (C=O) groups is 1. The van der Waals surface area contributed by atoms with Gasteiger partial charge in [0.1, 0.15) is 5.25 Å². The Balaban J connectivity index is 2.78. The standard InChI is InChI=1S/C13H20N2O2S/c1-5-7-11(12(16)17-6-2)18-13-14-9(3)8-10(4)15-13/h8,11H,5-7H2,1-4H3. The highest BCUT2D eigenvalue weighted by atomic mass is 32.2. The number of thioether (sulfide) groups is 1. The van der Waals surface area contributed by atoms with Crippen LogP contribution < -0.4 is 0 Å². The third-order valence-corrected chi connectivity index (χ3v) is 3.42. The van der Waals surface area contributed by atoms with E-state index >= 15 is 0 Å². The molecule has 1 unspecified atom stereocenters. The molecule has 0 N–H and O–H groups in total. The highest BCUT2D eigenvalue weighted by molar-refractivity contribution is 8.00. The molecule has 1 aromatic rings. The van der Waals surface area contributed by atoms with Crippen molar-refractivity contribution in [2.45, 2.75) is 50.9 Å². The van der Waals surface area contributed by atoms with E-state index in [1.54, 1.807) is 0 Å². The van der Waals surface area contributed by atoms with Gasteiger partial charge in [-0.25, -0.2) is 9.97 Å². The largest absolute Gasteiger partial charge is 0.465 e. The number of aromatic nitrogens is 2. The summed E-state index contributed by atoms with van der Waals surface area (Å²) < 4.78 is 5.07. The van der Waals surface area contributed by atoms with Crippen molar-refractivity contribution in [2.75, 3.05) is 6.61 Å². The first-order valence-electron chi connectivity index (χ1n) is 6.22. The molecular weight excluding hydrogens is 248 g/mol. The molecule has 0 aromatic carbocycles. The minimum atomic E-state index is -0.212. The van der Waals surface area contributed by atoms with Crippen LogP contribution >= 0.6 is 11.8 Å². The number of nitrogens with zero attached hydrogens (tertiary/aromatic N) is 2. The zero-order valence-corrected chi connectivity index (χ0v) is 12.2. The number of hydrogen-bond acceptors (Lipinski definition) is 5. The average molecular weight is 268 g/mol. The molecule has 5 heteroatoms. The predicted octanol–water partition coefficient (Wildman–Crippen LogP) is 2.92. The van der Waals surface area contributed by atoms with E-state index < -0.39 is 0 Å². The first-order chi connectivity index (χ1) is 8.56. The molecule has 0 radical (unpaired) electrons. The highest BCUT2D eigenvalue weighted by Gasteiger charge is 2.21. The van der Waals surface area contributed by atoms with Gasteiger partial charge in [-0.3, -0.25) is 4.79 Å². The summed E-state index contributed by atoms with van der Waals surface area (Å²) in [6, 6.07) is 1.92. The van der Waals surface area contributed by atoms with Gasteiger partial charge in [0.15, 0.2) is 5.16 Å². The highest BCUT2D eigenvalue weighted by Crippen LogP contribution is 2.24. The molecule has 0 saturated carbocycles. The van der Waals surface area contributed by atoms with Crippen molar-refractivity contribution in [3.05, 3.63) is 17.5 Å². The second kappa shape index (κ2) is 7.36. The molecule has 0 aliphatic heterocycles. The average Bonchev–Trinajstić information content (AvgIpc) is 2.27. The van der Waals surface area contributed by atoms with Gasteiger partial charge in [0, 0.05) is 11.4 Å². The SMILES string of the molecule is CCCC(Sc1nc(C)cc(C)n1)C(=O)OCC. The lowest BCUT2D eigenvalue weighted by Crippen LogP contribution is -2.20. The topological polar surface area (TPSA) is 52.1 Å². The number of aryl methyl sites for hydroxylation is 2. The van der Waals surface area contributed by atoms with Gasteiger partial charge in [0.2, 0.25) is 0 Å². The predicted molar refractivity (Wildman–Crippen MR) is 72.7 cm³/mol. The number of rotatable bonds is 6. The third kappa shape index (κ3) is 4.64. The lowest BCUT2D eigenvalue weighted by Gasteiger charge is -2.13. The van der Waals surface area contributed by atoms with Crippen LogP contribution in [-0.4, -0.2) is 27.8 Å². The summed E-state index contributed by atoms with van der Waals surface area (Å²) in [5.74, 6) is -0.174. The van der Waals surface area contributed by atoms with Gasteiger partial charge in [-0.1, -0.05) is 25.1 Å². The van der Waals surface area contributed by atoms with E-state index in [0.29, 0.717) is 11.8 Å². The maximum atomic E-state index is 11.8. The zero-order valence-electron chi connectivity index (χ0n) is 11.4. The zero-order chi connectivity index (χ0) is 13.5. The van der Waals surface area contributed by atoms with E-state index in [2.05, 4.69) is 16.9 Å². The minimum absolute atomic E-state index is 0.174. The van der Waals surface area contributed by atoms with Crippen LogP contribution in [-0.2, 0) is 9.53 Å². The van der Waals surface area contributed by atoms with Gasteiger partial charge < -0.3 is 4.74 Å². The summed E-state index contributed by atoms with van der Waals surface area (Å²) in [6.07, 6.45) is 1.71. The molecule has 1 rings (SSSR count). The molecule has 4 nitrogen and oxygen atoms in total. The van der Waals surface area contributed by atoms with Crippen LogP contribution in [0.15, 0.2) is 11.2 Å². The van der Waals surface area contributed by atoms with Crippen molar-refractivity contribution in [2.24, 2.45) is 0 Å². The smallest absolute Gasteiger partial charge is 0.319 e. The third-order valence-electron chi connectivity index (χ3n) is 2.31. The van der Waals surface area contributed by atoms with Crippen molar-refractivity contribution in [1.29, 1.82) is 0 Å². The first kappa shape index (κ1) is 15.0. The summed E-state index contributed by atoms with van der Waals surface area (Å²) in [4.78, 5) is 20.5. The van der Waals surface area contributed by atoms with Crippen LogP contribution in [0.5, 0.6) is 0 Å². The van der Waals surface area contributed by atoms with Gasteiger partial charge in [0.05, 0.1) is 6.61 Å². The lowest BCUT2D eigenvalue weighted by molar-refractivity contribution is -0.142. The van der Waals surface area contributed by atoms with Gasteiger partial charge in [-0.15, -0.1) is 0 Å². The van der Waals surface area contributed by atoms with Crippen LogP contribution in [0.2, 0.25) is 0 Å². The van der Waals surface area contributed by atoms with Gasteiger partial charge >= 0.3 is 5.97 Å². The molecular formula is C13H20N2O2S. The molecule has 0 saturated heterocycles. The van der Waals surface area contributed by atoms with Gasteiger partial charge in [0.25, 0.3) is 0 Å². The van der Waals surface area contributed by atoms with Crippen molar-refractivity contribution in [3.63, 3.8) is 0 Å². The maximum Gasteiger partial charge on any atom is 0.319 e. The number of hydrogen-bond donors (Lipinski definition) is 0. The van der Waals surface area contributed by atoms with E-state index in [1.165, 1.54) is 11.8 Å². The van der Waals surface area contributed by atoms with Gasteiger partial charge in [-0.05, 0) is 33.3 Å². The molecule has 0 spiro atoms. The fourth-order valence-electron chi connectivity index (χ4n) is 1.60. The van der Waals surface area contributed by atoms with Crippen molar-refractivity contribution < 1.29 is 9.53 Å². The summed E-state index contributed by atoms with van der Waals surface area (Å²) >= 11 is 1.39. The Hall–Kier alpha value is -1.10. The minimum Gasteiger partial charge on any atom is -0.465 e. The Morgan fingerprint density at radius 3 is 2.44 bits per heavy atom. The molecule has 0 amide bonds. The van der Waals surface area contributed by atoms with Crippen molar-refractivity contribution in [1.82, 2.24) is 9.97 Å². The Morgan fingerprint density at radius 2 is 1.94 bits per heavy atom. The summed E-state index contributed by atoms with van der Waals surface area (Å²) in [5.41, 5.74) is 1.84. The summed E-state index contributed by atoms with van der Waals surface area (Å²) in [5, 5.41) is 0.440. The fraction of sp³-hybridized carbons (Fsp3) is 0.615. The first-order valence-corrected chi connectivity index (χ1v) is 7.10. The Bertz CT molecular complexity index is 390. The molecule has 1 aromatic heterocycles. The van der Waals surface area contributed by atoms with E-state index in [9.17, 15) is 4.79 Å². The molecule has 0 bridgehead atoms. The Labute approximate surface area is 113 Å². The molecule has 1 heterocycles. The number of esters is 1.